The summed E-state index contributed by atoms with van der Waals surface area (Å²) >= 11 is 0. The van der Waals surface area contributed by atoms with Crippen molar-refractivity contribution in [3.8, 4) is 11.5 Å². The molecule has 1 amide bonds. The number of oxazole rings is 1. The van der Waals surface area contributed by atoms with E-state index in [9.17, 15) is 4.79 Å². The van der Waals surface area contributed by atoms with Crippen molar-refractivity contribution in [2.24, 2.45) is 4.99 Å². The number of hydrogen-bond acceptors (Lipinski definition) is 5. The van der Waals surface area contributed by atoms with Crippen molar-refractivity contribution in [3.05, 3.63) is 41.8 Å². The molecule has 0 radical (unpaired) electrons. The number of carbonyl (C=O) groups excluding carboxylic acids is 1. The van der Waals surface area contributed by atoms with E-state index < -0.39 is 11.7 Å². The first-order valence-corrected chi connectivity index (χ1v) is 10.3. The van der Waals surface area contributed by atoms with Crippen molar-refractivity contribution in [2.45, 2.75) is 53.2 Å². The predicted molar refractivity (Wildman–Crippen MR) is 118 cm³/mol. The topological polar surface area (TPSA) is 101 Å². The van der Waals surface area contributed by atoms with Crippen molar-refractivity contribution >= 4 is 12.1 Å². The standard InChI is InChI=1S/C22H33N5O3/c1-6-23-20(24-12-7-13-25-21(28)30-22(3,4)5)26-14-18-15-29-19(27-18)17-10-8-16(2)9-11-17/h8-11,15H,6-7,12-14H2,1-5H3,(H,25,28)(H2,23,24,26). The number of rotatable bonds is 8. The Labute approximate surface area is 178 Å². The van der Waals surface area contributed by atoms with Gasteiger partial charge in [0.1, 0.15) is 17.6 Å². The molecule has 1 aromatic carbocycles. The molecule has 0 spiro atoms. The summed E-state index contributed by atoms with van der Waals surface area (Å²) in [6, 6.07) is 8.04. The molecule has 164 valence electrons. The van der Waals surface area contributed by atoms with Crippen LogP contribution in [0, 0.1) is 6.92 Å². The summed E-state index contributed by atoms with van der Waals surface area (Å²) in [6.45, 7) is 11.9. The molecule has 2 rings (SSSR count). The lowest BCUT2D eigenvalue weighted by atomic mass is 10.1. The molecule has 0 aliphatic rings. The lowest BCUT2D eigenvalue weighted by molar-refractivity contribution is 0.0527. The third-order valence-corrected chi connectivity index (χ3v) is 3.91. The Morgan fingerprint density at radius 2 is 1.83 bits per heavy atom. The quantitative estimate of drug-likeness (QED) is 0.346. The maximum Gasteiger partial charge on any atom is 0.407 e. The number of aromatic nitrogens is 1. The molecule has 2 aromatic rings. The average molecular weight is 416 g/mol. The molecule has 0 fully saturated rings. The summed E-state index contributed by atoms with van der Waals surface area (Å²) in [5.41, 5.74) is 2.40. The average Bonchev–Trinajstić information content (AvgIpc) is 3.14. The highest BCUT2D eigenvalue weighted by Crippen LogP contribution is 2.19. The Balaban J connectivity index is 1.79. The molecule has 0 unspecified atom stereocenters. The maximum absolute atomic E-state index is 11.6. The highest BCUT2D eigenvalue weighted by Gasteiger charge is 2.15. The van der Waals surface area contributed by atoms with Crippen LogP contribution in [0.2, 0.25) is 0 Å². The fourth-order valence-corrected chi connectivity index (χ4v) is 2.51. The largest absolute Gasteiger partial charge is 0.444 e. The minimum atomic E-state index is -0.492. The van der Waals surface area contributed by atoms with Gasteiger partial charge in [-0.2, -0.15) is 0 Å². The molecule has 0 atom stereocenters. The SMILES string of the molecule is CCNC(=NCc1coc(-c2ccc(C)cc2)n1)NCCCNC(=O)OC(C)(C)C. The number of hydrogen-bond donors (Lipinski definition) is 3. The van der Waals surface area contributed by atoms with E-state index in [0.29, 0.717) is 31.5 Å². The smallest absolute Gasteiger partial charge is 0.407 e. The van der Waals surface area contributed by atoms with Crippen LogP contribution in [0.15, 0.2) is 39.9 Å². The molecule has 3 N–H and O–H groups in total. The van der Waals surface area contributed by atoms with E-state index in [2.05, 4.69) is 25.9 Å². The molecule has 0 bridgehead atoms. The van der Waals surface area contributed by atoms with E-state index in [1.807, 2.05) is 58.9 Å². The molecular formula is C22H33N5O3. The van der Waals surface area contributed by atoms with E-state index in [0.717, 1.165) is 24.2 Å². The van der Waals surface area contributed by atoms with Gasteiger partial charge in [0.25, 0.3) is 0 Å². The first-order valence-electron chi connectivity index (χ1n) is 10.3. The number of carbonyl (C=O) groups is 1. The first-order chi connectivity index (χ1) is 14.3. The normalized spacial score (nSPS) is 11.8. The number of guanidine groups is 1. The minimum Gasteiger partial charge on any atom is -0.444 e. The first kappa shape index (κ1) is 23.3. The van der Waals surface area contributed by atoms with E-state index >= 15 is 0 Å². The molecule has 0 saturated carbocycles. The van der Waals surface area contributed by atoms with E-state index in [1.54, 1.807) is 6.26 Å². The van der Waals surface area contributed by atoms with Gasteiger partial charge in [0.2, 0.25) is 5.89 Å². The third kappa shape index (κ3) is 8.55. The Hall–Kier alpha value is -3.03. The zero-order chi connectivity index (χ0) is 22.0. The number of nitrogens with one attached hydrogen (secondary N) is 3. The van der Waals surface area contributed by atoms with Crippen LogP contribution in [0.4, 0.5) is 4.79 Å². The highest BCUT2D eigenvalue weighted by molar-refractivity contribution is 5.79. The highest BCUT2D eigenvalue weighted by atomic mass is 16.6. The van der Waals surface area contributed by atoms with Crippen molar-refractivity contribution in [1.29, 1.82) is 0 Å². The van der Waals surface area contributed by atoms with Gasteiger partial charge in [0.05, 0.1) is 6.54 Å². The monoisotopic (exact) mass is 415 g/mol. The molecular weight excluding hydrogens is 382 g/mol. The van der Waals surface area contributed by atoms with Crippen LogP contribution in [-0.2, 0) is 11.3 Å². The number of benzene rings is 1. The summed E-state index contributed by atoms with van der Waals surface area (Å²) < 4.78 is 10.8. The number of aliphatic imine (C=N–C) groups is 1. The van der Waals surface area contributed by atoms with E-state index in [4.69, 9.17) is 9.15 Å². The summed E-state index contributed by atoms with van der Waals surface area (Å²) in [5, 5.41) is 9.18. The molecule has 8 nitrogen and oxygen atoms in total. The van der Waals surface area contributed by atoms with Crippen LogP contribution in [0.5, 0.6) is 0 Å². The van der Waals surface area contributed by atoms with Crippen LogP contribution >= 0.6 is 0 Å². The summed E-state index contributed by atoms with van der Waals surface area (Å²) in [7, 11) is 0. The number of aryl methyl sites for hydroxylation is 1. The summed E-state index contributed by atoms with van der Waals surface area (Å²) in [6.07, 6.45) is 1.97. The molecule has 0 aliphatic heterocycles. The third-order valence-electron chi connectivity index (χ3n) is 3.91. The molecule has 8 heteroatoms. The van der Waals surface area contributed by atoms with Crippen LogP contribution in [0.3, 0.4) is 0 Å². The Morgan fingerprint density at radius 1 is 1.13 bits per heavy atom. The Morgan fingerprint density at radius 3 is 2.50 bits per heavy atom. The minimum absolute atomic E-state index is 0.404. The van der Waals surface area contributed by atoms with Gasteiger partial charge in [-0.05, 0) is 53.2 Å². The molecule has 1 aromatic heterocycles. The molecule has 0 aliphatic carbocycles. The van der Waals surface area contributed by atoms with Gasteiger partial charge >= 0.3 is 6.09 Å². The van der Waals surface area contributed by atoms with Crippen molar-refractivity contribution in [2.75, 3.05) is 19.6 Å². The predicted octanol–water partition coefficient (Wildman–Crippen LogP) is 3.62. The fourth-order valence-electron chi connectivity index (χ4n) is 2.51. The van der Waals surface area contributed by atoms with Gasteiger partial charge in [-0.1, -0.05) is 17.7 Å². The number of alkyl carbamates (subject to hydrolysis) is 1. The van der Waals surface area contributed by atoms with Gasteiger partial charge in [-0.3, -0.25) is 0 Å². The van der Waals surface area contributed by atoms with Gasteiger partial charge in [-0.15, -0.1) is 0 Å². The zero-order valence-electron chi connectivity index (χ0n) is 18.5. The van der Waals surface area contributed by atoms with Crippen LogP contribution in [0.1, 0.15) is 45.4 Å². The lowest BCUT2D eigenvalue weighted by Gasteiger charge is -2.19. The van der Waals surface area contributed by atoms with Gasteiger partial charge in [0, 0.05) is 25.2 Å². The van der Waals surface area contributed by atoms with Crippen molar-refractivity contribution in [3.63, 3.8) is 0 Å². The molecule has 1 heterocycles. The second-order valence-corrected chi connectivity index (χ2v) is 7.91. The van der Waals surface area contributed by atoms with Gasteiger partial charge in [-0.25, -0.2) is 14.8 Å². The second kappa shape index (κ2) is 11.2. The number of nitrogens with zero attached hydrogens (tertiary/aromatic N) is 2. The molecule has 0 saturated heterocycles. The summed E-state index contributed by atoms with van der Waals surface area (Å²) in [4.78, 5) is 20.7. The van der Waals surface area contributed by atoms with Crippen LogP contribution < -0.4 is 16.0 Å². The maximum atomic E-state index is 11.6. The Kier molecular flexibility index (Phi) is 8.70. The van der Waals surface area contributed by atoms with Gasteiger partial charge in [0.15, 0.2) is 5.96 Å². The van der Waals surface area contributed by atoms with Crippen LogP contribution in [0.25, 0.3) is 11.5 Å². The van der Waals surface area contributed by atoms with E-state index in [1.165, 1.54) is 5.56 Å². The van der Waals surface area contributed by atoms with E-state index in [-0.39, 0.29) is 0 Å². The van der Waals surface area contributed by atoms with Crippen LogP contribution in [-0.4, -0.2) is 42.3 Å². The second-order valence-electron chi connectivity index (χ2n) is 7.91. The zero-order valence-corrected chi connectivity index (χ0v) is 18.5. The Bertz CT molecular complexity index is 822. The van der Waals surface area contributed by atoms with Crippen molar-refractivity contribution < 1.29 is 13.9 Å². The summed E-state index contributed by atoms with van der Waals surface area (Å²) in [5.74, 6) is 1.28. The van der Waals surface area contributed by atoms with Gasteiger partial charge < -0.3 is 25.1 Å². The molecule has 30 heavy (non-hydrogen) atoms. The van der Waals surface area contributed by atoms with Crippen molar-refractivity contribution in [1.82, 2.24) is 20.9 Å². The lowest BCUT2D eigenvalue weighted by Crippen LogP contribution is -2.39. The fraction of sp³-hybridized carbons (Fsp3) is 0.500. The number of ether oxygens (including phenoxy) is 1. The number of amides is 1.